The number of aliphatic hydroxyl groups is 1. The van der Waals surface area contributed by atoms with Gasteiger partial charge in [0.15, 0.2) is 0 Å². The number of anilines is 1. The lowest BCUT2D eigenvalue weighted by Gasteiger charge is -2.25. The average Bonchev–Trinajstić information content (AvgIpc) is 3.24. The van der Waals surface area contributed by atoms with Crippen molar-refractivity contribution in [2.45, 2.75) is 25.8 Å². The first kappa shape index (κ1) is 23.7. The van der Waals surface area contributed by atoms with E-state index in [0.717, 1.165) is 22.9 Å². The Kier molecular flexibility index (Phi) is 9.05. The van der Waals surface area contributed by atoms with Crippen molar-refractivity contribution >= 4 is 28.4 Å². The molecule has 1 aliphatic rings. The van der Waals surface area contributed by atoms with Gasteiger partial charge in [0.25, 0.3) is 5.91 Å². The van der Waals surface area contributed by atoms with Crippen LogP contribution < -0.4 is 10.2 Å². The van der Waals surface area contributed by atoms with Crippen LogP contribution in [0.25, 0.3) is 16.8 Å². The molecule has 170 valence electrons. The summed E-state index contributed by atoms with van der Waals surface area (Å²) >= 11 is 0. The summed E-state index contributed by atoms with van der Waals surface area (Å²) in [4.78, 5) is 14.9. The number of aliphatic hydroxyl groups excluding tert-OH is 1. The van der Waals surface area contributed by atoms with Crippen molar-refractivity contribution < 1.29 is 19.4 Å². The molecule has 7 heteroatoms. The zero-order chi connectivity index (χ0) is 22.8. The number of amides is 1. The number of nitrogens with zero attached hydrogens (tertiary/aromatic N) is 2. The largest absolute Gasteiger partial charge is 0.394 e. The summed E-state index contributed by atoms with van der Waals surface area (Å²) in [6.45, 7) is 4.94. The first-order chi connectivity index (χ1) is 15.6. The van der Waals surface area contributed by atoms with Crippen LogP contribution in [0.15, 0.2) is 42.0 Å². The fraction of sp³-hybridized carbons (Fsp3) is 0.440. The number of fused-ring (bicyclic) bond motifs is 1. The van der Waals surface area contributed by atoms with Gasteiger partial charge in [-0.15, -0.1) is 0 Å². The Labute approximate surface area is 189 Å². The van der Waals surface area contributed by atoms with Crippen LogP contribution in [0.5, 0.6) is 0 Å². The van der Waals surface area contributed by atoms with E-state index >= 15 is 0 Å². The van der Waals surface area contributed by atoms with Crippen LogP contribution in [-0.2, 0) is 14.3 Å². The third-order valence-electron chi connectivity index (χ3n) is 5.56. The van der Waals surface area contributed by atoms with Crippen molar-refractivity contribution in [3.63, 3.8) is 0 Å². The monoisotopic (exact) mass is 437 g/mol. The lowest BCUT2D eigenvalue weighted by Crippen LogP contribution is -2.28. The summed E-state index contributed by atoms with van der Waals surface area (Å²) in [5, 5.41) is 23.1. The molecule has 3 rings (SSSR count). The highest BCUT2D eigenvalue weighted by Crippen LogP contribution is 2.33. The van der Waals surface area contributed by atoms with Crippen LogP contribution >= 0.6 is 0 Å². The Bertz CT molecular complexity index is 983. The molecule has 0 bridgehead atoms. The quantitative estimate of drug-likeness (QED) is 0.319. The molecule has 0 aromatic heterocycles. The molecule has 2 aromatic rings. The zero-order valence-electron chi connectivity index (χ0n) is 18.5. The smallest absolute Gasteiger partial charge is 0.262 e. The molecule has 1 atom stereocenters. The number of carbonyl (C=O) groups is 1. The molecule has 1 aliphatic heterocycles. The topological polar surface area (TPSA) is 94.8 Å². The maximum absolute atomic E-state index is 12.4. The van der Waals surface area contributed by atoms with E-state index in [2.05, 4.69) is 41.4 Å². The summed E-state index contributed by atoms with van der Waals surface area (Å²) in [5.41, 5.74) is 2.08. The minimum absolute atomic E-state index is 0.0186. The number of nitriles is 1. The fourth-order valence-electron chi connectivity index (χ4n) is 3.94. The van der Waals surface area contributed by atoms with Crippen molar-refractivity contribution in [3.05, 3.63) is 47.5 Å². The van der Waals surface area contributed by atoms with E-state index in [0.29, 0.717) is 32.4 Å². The number of rotatable bonds is 11. The molecule has 1 amide bonds. The van der Waals surface area contributed by atoms with E-state index in [-0.39, 0.29) is 18.8 Å². The van der Waals surface area contributed by atoms with E-state index in [9.17, 15) is 10.1 Å². The summed E-state index contributed by atoms with van der Waals surface area (Å²) in [6, 6.07) is 14.8. The van der Waals surface area contributed by atoms with Crippen LogP contribution in [0, 0.1) is 11.3 Å². The molecule has 0 saturated carbocycles. The molecule has 2 N–H and O–H groups in total. The molecule has 0 aliphatic carbocycles. The second-order valence-electron chi connectivity index (χ2n) is 7.82. The molecule has 1 saturated heterocycles. The van der Waals surface area contributed by atoms with Crippen LogP contribution in [0.2, 0.25) is 0 Å². The number of hydrogen-bond acceptors (Lipinski definition) is 6. The summed E-state index contributed by atoms with van der Waals surface area (Å²) < 4.78 is 10.4. The van der Waals surface area contributed by atoms with E-state index in [4.69, 9.17) is 14.6 Å². The molecular formula is C25H31N3O4. The summed E-state index contributed by atoms with van der Waals surface area (Å²) in [6.07, 6.45) is 4.01. The third-order valence-corrected chi connectivity index (χ3v) is 5.56. The average molecular weight is 438 g/mol. The Balaban J connectivity index is 1.64. The van der Waals surface area contributed by atoms with Crippen LogP contribution in [-0.4, -0.2) is 63.2 Å². The van der Waals surface area contributed by atoms with Crippen molar-refractivity contribution in [3.8, 4) is 6.07 Å². The standard InChI is InChI=1S/C25H31N3O4/c1-19-4-3-10-28(19)24-6-2-5-21-8-7-20(17-23(21)24)16-22(18-26)25(30)27-9-12-31-14-15-32-13-11-29/h2,5-8,16-17,19,29H,3-4,9-15H2,1H3,(H,27,30)/b22-16+. The van der Waals surface area contributed by atoms with Gasteiger partial charge < -0.3 is 24.8 Å². The molecule has 1 heterocycles. The summed E-state index contributed by atoms with van der Waals surface area (Å²) in [5.74, 6) is -0.422. The first-order valence-electron chi connectivity index (χ1n) is 11.1. The Morgan fingerprint density at radius 1 is 1.25 bits per heavy atom. The van der Waals surface area contributed by atoms with E-state index in [1.165, 1.54) is 18.5 Å². The number of benzene rings is 2. The van der Waals surface area contributed by atoms with E-state index in [1.54, 1.807) is 6.08 Å². The van der Waals surface area contributed by atoms with Gasteiger partial charge in [0, 0.05) is 30.2 Å². The highest BCUT2D eigenvalue weighted by molar-refractivity contribution is 6.03. The predicted molar refractivity (Wildman–Crippen MR) is 125 cm³/mol. The van der Waals surface area contributed by atoms with Crippen LogP contribution in [0.3, 0.4) is 0 Å². The van der Waals surface area contributed by atoms with Gasteiger partial charge in [0.05, 0.1) is 33.0 Å². The number of hydrogen-bond donors (Lipinski definition) is 2. The van der Waals surface area contributed by atoms with Gasteiger partial charge in [-0.1, -0.05) is 24.3 Å². The second-order valence-corrected chi connectivity index (χ2v) is 7.82. The Hall–Kier alpha value is -2.92. The van der Waals surface area contributed by atoms with Gasteiger partial charge in [0.1, 0.15) is 11.6 Å². The highest BCUT2D eigenvalue weighted by Gasteiger charge is 2.22. The number of ether oxygens (including phenoxy) is 2. The van der Waals surface area contributed by atoms with Gasteiger partial charge in [-0.05, 0) is 48.9 Å². The summed E-state index contributed by atoms with van der Waals surface area (Å²) in [7, 11) is 0. The van der Waals surface area contributed by atoms with Crippen molar-refractivity contribution in [1.29, 1.82) is 5.26 Å². The lowest BCUT2D eigenvalue weighted by molar-refractivity contribution is -0.117. The number of nitrogens with one attached hydrogen (secondary N) is 1. The van der Waals surface area contributed by atoms with Crippen LogP contribution in [0.4, 0.5) is 5.69 Å². The second kappa shape index (κ2) is 12.2. The fourth-order valence-corrected chi connectivity index (χ4v) is 3.94. The Morgan fingerprint density at radius 3 is 2.78 bits per heavy atom. The van der Waals surface area contributed by atoms with E-state index in [1.807, 2.05) is 18.2 Å². The molecule has 7 nitrogen and oxygen atoms in total. The first-order valence-corrected chi connectivity index (χ1v) is 11.1. The minimum Gasteiger partial charge on any atom is -0.394 e. The van der Waals surface area contributed by atoms with Crippen molar-refractivity contribution in [2.24, 2.45) is 0 Å². The Morgan fingerprint density at radius 2 is 2.06 bits per heavy atom. The van der Waals surface area contributed by atoms with Crippen molar-refractivity contribution in [1.82, 2.24) is 5.32 Å². The van der Waals surface area contributed by atoms with Crippen molar-refractivity contribution in [2.75, 3.05) is 51.0 Å². The van der Waals surface area contributed by atoms with Gasteiger partial charge in [-0.25, -0.2) is 0 Å². The zero-order valence-corrected chi connectivity index (χ0v) is 18.5. The van der Waals surface area contributed by atoms with Gasteiger partial charge in [-0.3, -0.25) is 4.79 Å². The maximum atomic E-state index is 12.4. The molecule has 0 radical (unpaired) electrons. The van der Waals surface area contributed by atoms with Gasteiger partial charge in [-0.2, -0.15) is 5.26 Å². The van der Waals surface area contributed by atoms with Gasteiger partial charge in [0.2, 0.25) is 0 Å². The molecule has 1 unspecified atom stereocenters. The predicted octanol–water partition coefficient (Wildman–Crippen LogP) is 2.88. The molecule has 0 spiro atoms. The molecule has 2 aromatic carbocycles. The normalized spacial score (nSPS) is 16.3. The van der Waals surface area contributed by atoms with Gasteiger partial charge >= 0.3 is 0 Å². The SMILES string of the molecule is CC1CCCN1c1cccc2ccc(/C=C(\C#N)C(=O)NCCOCCOCCO)cc12. The molecule has 32 heavy (non-hydrogen) atoms. The number of carbonyl (C=O) groups excluding carboxylic acids is 1. The maximum Gasteiger partial charge on any atom is 0.262 e. The molecular weight excluding hydrogens is 406 g/mol. The minimum atomic E-state index is -0.422. The van der Waals surface area contributed by atoms with E-state index < -0.39 is 5.91 Å². The van der Waals surface area contributed by atoms with Crippen LogP contribution in [0.1, 0.15) is 25.3 Å². The lowest BCUT2D eigenvalue weighted by atomic mass is 10.0. The third kappa shape index (κ3) is 6.30. The highest BCUT2D eigenvalue weighted by atomic mass is 16.5. The molecule has 1 fully saturated rings.